The Kier molecular flexibility index (Phi) is 3.29. The minimum atomic E-state index is 0. The molecule has 0 aromatic carbocycles. The van der Waals surface area contributed by atoms with Crippen LogP contribution in [0.2, 0.25) is 0 Å². The first-order valence-electron chi connectivity index (χ1n) is 1.61. The number of imidazole rings is 1. The first-order chi connectivity index (χ1) is 2.89. The minimum absolute atomic E-state index is 0. The van der Waals surface area contributed by atoms with Crippen LogP contribution in [0.25, 0.3) is 0 Å². The molecule has 0 aliphatic carbocycles. The molecule has 0 unspecified atom stereocenters. The van der Waals surface area contributed by atoms with Gasteiger partial charge in [0, 0.05) is 34.8 Å². The average Bonchev–Trinajstić information content (AvgIpc) is 1.86. The summed E-state index contributed by atoms with van der Waals surface area (Å²) in [6.07, 6.45) is 3.50. The third-order valence-electron chi connectivity index (χ3n) is 0.512. The van der Waals surface area contributed by atoms with E-state index in [1.165, 1.54) is 0 Å². The number of aromatic nitrogens is 2. The molecule has 0 aliphatic rings. The third-order valence-corrected chi connectivity index (χ3v) is 0.748. The van der Waals surface area contributed by atoms with Crippen molar-refractivity contribution in [1.82, 2.24) is 9.97 Å². The standard InChI is InChI=1S/C3H4N2S.Ag/c6-3-4-1-2-5-3;/h1-2H,(H2,4,5,6);. The van der Waals surface area contributed by atoms with Gasteiger partial charge in [-0.05, 0) is 12.2 Å². The molecule has 2 N–H and O–H groups in total. The molecule has 0 bridgehead atoms. The Morgan fingerprint density at radius 1 is 1.29 bits per heavy atom. The van der Waals surface area contributed by atoms with Gasteiger partial charge in [0.15, 0.2) is 4.77 Å². The van der Waals surface area contributed by atoms with Gasteiger partial charge >= 0.3 is 0 Å². The van der Waals surface area contributed by atoms with E-state index in [1.54, 1.807) is 12.4 Å². The fourth-order valence-electron chi connectivity index (χ4n) is 0.276. The van der Waals surface area contributed by atoms with Gasteiger partial charge in [0.05, 0.1) is 0 Å². The Labute approximate surface area is 61.9 Å². The van der Waals surface area contributed by atoms with Gasteiger partial charge in [-0.1, -0.05) is 0 Å². The summed E-state index contributed by atoms with van der Waals surface area (Å²) in [6.45, 7) is 0. The van der Waals surface area contributed by atoms with Crippen LogP contribution < -0.4 is 0 Å². The molecular formula is C3H4AgN2S. The molecule has 0 aliphatic heterocycles. The van der Waals surface area contributed by atoms with Crippen molar-refractivity contribution in [3.05, 3.63) is 17.2 Å². The van der Waals surface area contributed by atoms with E-state index >= 15 is 0 Å². The molecule has 7 heavy (non-hydrogen) atoms. The van der Waals surface area contributed by atoms with Crippen LogP contribution in [0.5, 0.6) is 0 Å². The number of hydrogen-bond donors (Lipinski definition) is 2. The molecule has 1 aromatic heterocycles. The molecule has 0 saturated carbocycles. The van der Waals surface area contributed by atoms with Crippen molar-refractivity contribution in [3.63, 3.8) is 0 Å². The topological polar surface area (TPSA) is 31.6 Å². The monoisotopic (exact) mass is 207 g/mol. The van der Waals surface area contributed by atoms with Gasteiger partial charge in [0.2, 0.25) is 0 Å². The van der Waals surface area contributed by atoms with Gasteiger partial charge in [0.1, 0.15) is 0 Å². The predicted molar refractivity (Wildman–Crippen MR) is 26.0 cm³/mol. The van der Waals surface area contributed by atoms with Crippen molar-refractivity contribution >= 4 is 12.2 Å². The largest absolute Gasteiger partial charge is 0.338 e. The van der Waals surface area contributed by atoms with Crippen molar-refractivity contribution in [2.24, 2.45) is 0 Å². The van der Waals surface area contributed by atoms with Crippen molar-refractivity contribution in [3.8, 4) is 0 Å². The molecule has 4 heteroatoms. The van der Waals surface area contributed by atoms with Crippen molar-refractivity contribution < 1.29 is 22.4 Å². The Bertz CT molecular complexity index is 151. The first kappa shape index (κ1) is 7.17. The van der Waals surface area contributed by atoms with Crippen LogP contribution in [0, 0.1) is 4.77 Å². The van der Waals surface area contributed by atoms with Crippen molar-refractivity contribution in [2.75, 3.05) is 0 Å². The Morgan fingerprint density at radius 3 is 1.86 bits per heavy atom. The fourth-order valence-corrected chi connectivity index (χ4v) is 0.412. The number of H-pyrrole nitrogens is 2. The molecular weight excluding hydrogens is 204 g/mol. The third kappa shape index (κ3) is 2.09. The zero-order valence-corrected chi connectivity index (χ0v) is 5.66. The molecule has 0 amide bonds. The summed E-state index contributed by atoms with van der Waals surface area (Å²) >= 11 is 4.63. The maximum absolute atomic E-state index is 4.63. The maximum Gasteiger partial charge on any atom is 0.174 e. The Balaban J connectivity index is 0.000000360. The zero-order chi connectivity index (χ0) is 4.41. The molecule has 1 radical (unpaired) electrons. The van der Waals surface area contributed by atoms with E-state index in [-0.39, 0.29) is 22.4 Å². The van der Waals surface area contributed by atoms with Crippen LogP contribution >= 0.6 is 12.2 Å². The SMILES string of the molecule is S=c1[nH]cc[nH]1.[Ag]. The Hall–Kier alpha value is 0.170. The second-order valence-corrected chi connectivity index (χ2v) is 1.36. The molecule has 0 saturated heterocycles. The number of rotatable bonds is 0. The van der Waals surface area contributed by atoms with Gasteiger partial charge < -0.3 is 9.97 Å². The van der Waals surface area contributed by atoms with E-state index in [4.69, 9.17) is 0 Å². The number of hydrogen-bond acceptors (Lipinski definition) is 1. The maximum atomic E-state index is 4.63. The van der Waals surface area contributed by atoms with Crippen LogP contribution in [0.15, 0.2) is 12.4 Å². The summed E-state index contributed by atoms with van der Waals surface area (Å²) in [5.74, 6) is 0. The molecule has 43 valence electrons. The summed E-state index contributed by atoms with van der Waals surface area (Å²) in [5.41, 5.74) is 0. The predicted octanol–water partition coefficient (Wildman–Crippen LogP) is 1.07. The minimum Gasteiger partial charge on any atom is -0.338 e. The van der Waals surface area contributed by atoms with E-state index in [0.29, 0.717) is 4.77 Å². The smallest absolute Gasteiger partial charge is 0.174 e. The normalized spacial score (nSPS) is 7.43. The summed E-state index contributed by atoms with van der Waals surface area (Å²) in [5, 5.41) is 0. The molecule has 2 nitrogen and oxygen atoms in total. The van der Waals surface area contributed by atoms with Gasteiger partial charge in [-0.3, -0.25) is 0 Å². The van der Waals surface area contributed by atoms with Crippen LogP contribution in [0.1, 0.15) is 0 Å². The van der Waals surface area contributed by atoms with E-state index < -0.39 is 0 Å². The summed E-state index contributed by atoms with van der Waals surface area (Å²) in [4.78, 5) is 5.52. The zero-order valence-electron chi connectivity index (χ0n) is 3.36. The van der Waals surface area contributed by atoms with Crippen molar-refractivity contribution in [2.45, 2.75) is 0 Å². The van der Waals surface area contributed by atoms with E-state index in [1.807, 2.05) is 0 Å². The molecule has 0 fully saturated rings. The van der Waals surface area contributed by atoms with E-state index in [0.717, 1.165) is 0 Å². The van der Waals surface area contributed by atoms with Gasteiger partial charge in [-0.2, -0.15) is 0 Å². The van der Waals surface area contributed by atoms with Crippen molar-refractivity contribution in [1.29, 1.82) is 0 Å². The average molecular weight is 208 g/mol. The molecule has 1 heterocycles. The van der Waals surface area contributed by atoms with Crippen LogP contribution in [-0.2, 0) is 22.4 Å². The fraction of sp³-hybridized carbons (Fsp3) is 0. The molecule has 1 aromatic rings. The van der Waals surface area contributed by atoms with Gasteiger partial charge in [-0.25, -0.2) is 0 Å². The van der Waals surface area contributed by atoms with Crippen LogP contribution in [0.3, 0.4) is 0 Å². The van der Waals surface area contributed by atoms with E-state index in [9.17, 15) is 0 Å². The Morgan fingerprint density at radius 2 is 1.71 bits per heavy atom. The van der Waals surface area contributed by atoms with Crippen LogP contribution in [-0.4, -0.2) is 9.97 Å². The number of nitrogens with one attached hydrogen (secondary N) is 2. The first-order valence-corrected chi connectivity index (χ1v) is 2.02. The quantitative estimate of drug-likeness (QED) is 0.485. The second kappa shape index (κ2) is 3.21. The molecule has 0 spiro atoms. The van der Waals surface area contributed by atoms with Crippen LogP contribution in [0.4, 0.5) is 0 Å². The van der Waals surface area contributed by atoms with Gasteiger partial charge in [0.25, 0.3) is 0 Å². The summed E-state index contributed by atoms with van der Waals surface area (Å²) in [7, 11) is 0. The number of aromatic amines is 2. The summed E-state index contributed by atoms with van der Waals surface area (Å²) in [6, 6.07) is 0. The summed E-state index contributed by atoms with van der Waals surface area (Å²) < 4.78 is 0.676. The van der Waals surface area contributed by atoms with Gasteiger partial charge in [-0.15, -0.1) is 0 Å². The van der Waals surface area contributed by atoms with E-state index in [2.05, 4.69) is 22.2 Å². The molecule has 1 rings (SSSR count). The molecule has 0 atom stereocenters. The second-order valence-electron chi connectivity index (χ2n) is 0.951.